The minimum Gasteiger partial charge on any atom is -0.472 e. The molecule has 0 spiro atoms. The Hall–Kier alpha value is -1.05. The van der Waals surface area contributed by atoms with Gasteiger partial charge in [-0.05, 0) is 18.1 Å². The maximum Gasteiger partial charge on any atom is 0.382 e. The van der Waals surface area contributed by atoms with Crippen LogP contribution in [0, 0.1) is 11.8 Å². The highest BCUT2D eigenvalue weighted by molar-refractivity contribution is 6.74. The zero-order chi connectivity index (χ0) is 13.0. The fraction of sp³-hybridized carbons (Fsp3) is 0.583. The third-order valence-corrected chi connectivity index (χ3v) is 7.22. The number of carboxylic acid groups (broad SMARTS) is 1. The summed E-state index contributed by atoms with van der Waals surface area (Å²) >= 11 is 0. The van der Waals surface area contributed by atoms with Crippen molar-refractivity contribution in [2.45, 2.75) is 45.0 Å². The van der Waals surface area contributed by atoms with E-state index in [2.05, 4.69) is 52.3 Å². The SMILES string of the molecule is C=CC(C#CC(=O)O)O[Si](C)(C)C(C)(C)C. The van der Waals surface area contributed by atoms with Crippen LogP contribution in [0.3, 0.4) is 0 Å². The number of hydrogen-bond acceptors (Lipinski definition) is 2. The molecule has 16 heavy (non-hydrogen) atoms. The Morgan fingerprint density at radius 1 is 1.50 bits per heavy atom. The van der Waals surface area contributed by atoms with E-state index in [0.29, 0.717) is 0 Å². The molecule has 0 radical (unpaired) electrons. The van der Waals surface area contributed by atoms with Crippen molar-refractivity contribution in [2.75, 3.05) is 0 Å². The topological polar surface area (TPSA) is 46.5 Å². The second kappa shape index (κ2) is 5.33. The van der Waals surface area contributed by atoms with Gasteiger partial charge in [0.15, 0.2) is 8.32 Å². The van der Waals surface area contributed by atoms with E-state index >= 15 is 0 Å². The molecule has 0 rings (SSSR count). The molecule has 0 saturated heterocycles. The quantitative estimate of drug-likeness (QED) is 0.468. The maximum absolute atomic E-state index is 10.3. The highest BCUT2D eigenvalue weighted by Gasteiger charge is 2.38. The predicted molar refractivity (Wildman–Crippen MR) is 67.7 cm³/mol. The Bertz CT molecular complexity index is 328. The Kier molecular flexibility index (Phi) is 4.98. The van der Waals surface area contributed by atoms with Crippen LogP contribution in [0.2, 0.25) is 18.1 Å². The van der Waals surface area contributed by atoms with Crippen LogP contribution in [-0.2, 0) is 9.22 Å². The van der Waals surface area contributed by atoms with Crippen molar-refractivity contribution in [3.05, 3.63) is 12.7 Å². The van der Waals surface area contributed by atoms with E-state index in [0.717, 1.165) is 0 Å². The predicted octanol–water partition coefficient (Wildman–Crippen LogP) is 2.65. The van der Waals surface area contributed by atoms with Crippen LogP contribution in [0.4, 0.5) is 0 Å². The van der Waals surface area contributed by atoms with Gasteiger partial charge in [-0.25, -0.2) is 4.79 Å². The molecule has 90 valence electrons. The van der Waals surface area contributed by atoms with Crippen LogP contribution in [0.15, 0.2) is 12.7 Å². The van der Waals surface area contributed by atoms with E-state index in [1.165, 1.54) is 6.08 Å². The molecule has 0 aliphatic heterocycles. The van der Waals surface area contributed by atoms with E-state index < -0.39 is 20.4 Å². The molecule has 3 nitrogen and oxygen atoms in total. The average molecular weight is 240 g/mol. The minimum absolute atomic E-state index is 0.0686. The van der Waals surface area contributed by atoms with E-state index in [1.807, 2.05) is 0 Å². The van der Waals surface area contributed by atoms with Crippen molar-refractivity contribution in [3.8, 4) is 11.8 Å². The normalized spacial score (nSPS) is 13.6. The molecule has 1 N–H and O–H groups in total. The van der Waals surface area contributed by atoms with Gasteiger partial charge in [-0.1, -0.05) is 39.3 Å². The smallest absolute Gasteiger partial charge is 0.382 e. The summed E-state index contributed by atoms with van der Waals surface area (Å²) in [4.78, 5) is 10.3. The highest BCUT2D eigenvalue weighted by Crippen LogP contribution is 2.37. The van der Waals surface area contributed by atoms with Gasteiger partial charge in [0.1, 0.15) is 6.10 Å². The van der Waals surface area contributed by atoms with Crippen LogP contribution in [-0.4, -0.2) is 25.5 Å². The van der Waals surface area contributed by atoms with Crippen molar-refractivity contribution < 1.29 is 14.3 Å². The van der Waals surface area contributed by atoms with Crippen molar-refractivity contribution in [1.29, 1.82) is 0 Å². The van der Waals surface area contributed by atoms with Gasteiger partial charge in [0.05, 0.1) is 0 Å². The first-order valence-corrected chi connectivity index (χ1v) is 8.06. The molecule has 0 aromatic carbocycles. The van der Waals surface area contributed by atoms with E-state index in [1.54, 1.807) is 0 Å². The monoisotopic (exact) mass is 240 g/mol. The highest BCUT2D eigenvalue weighted by atomic mass is 28.4. The first-order chi connectivity index (χ1) is 7.10. The fourth-order valence-electron chi connectivity index (χ4n) is 0.764. The van der Waals surface area contributed by atoms with Gasteiger partial charge in [-0.15, -0.1) is 0 Å². The Balaban J connectivity index is 4.76. The summed E-state index contributed by atoms with van der Waals surface area (Å²) in [7, 11) is -1.93. The van der Waals surface area contributed by atoms with Gasteiger partial charge >= 0.3 is 5.97 Å². The molecule has 0 bridgehead atoms. The molecule has 0 saturated carbocycles. The summed E-state index contributed by atoms with van der Waals surface area (Å²) in [5, 5.41) is 8.53. The molecule has 0 aliphatic rings. The standard InChI is InChI=1S/C12H20O3Si/c1-7-10(8-9-11(13)14)15-16(5,6)12(2,3)4/h7,10H,1H2,2-6H3,(H,13,14). The summed E-state index contributed by atoms with van der Waals surface area (Å²) in [6.07, 6.45) is 1.04. The average Bonchev–Trinajstić information content (AvgIpc) is 2.09. The van der Waals surface area contributed by atoms with Crippen LogP contribution >= 0.6 is 0 Å². The lowest BCUT2D eigenvalue weighted by atomic mass is 10.2. The molecular formula is C12H20O3Si. The molecule has 4 heteroatoms. The molecule has 0 aliphatic carbocycles. The van der Waals surface area contributed by atoms with E-state index in [-0.39, 0.29) is 5.04 Å². The lowest BCUT2D eigenvalue weighted by Gasteiger charge is -2.37. The van der Waals surface area contributed by atoms with Gasteiger partial charge in [0, 0.05) is 5.92 Å². The van der Waals surface area contributed by atoms with E-state index in [9.17, 15) is 4.79 Å². The summed E-state index contributed by atoms with van der Waals surface area (Å²) in [5.74, 6) is 3.46. The Labute approximate surface area is 98.6 Å². The molecule has 1 unspecified atom stereocenters. The fourth-order valence-corrected chi connectivity index (χ4v) is 1.91. The van der Waals surface area contributed by atoms with Gasteiger partial charge in [0.2, 0.25) is 0 Å². The third kappa shape index (κ3) is 4.64. The molecule has 0 aromatic rings. The largest absolute Gasteiger partial charge is 0.472 e. The number of hydrogen-bond donors (Lipinski definition) is 1. The second-order valence-electron chi connectivity index (χ2n) is 5.11. The molecular weight excluding hydrogens is 220 g/mol. The second-order valence-corrected chi connectivity index (χ2v) is 9.87. The number of carbonyl (C=O) groups is 1. The molecule has 1 atom stereocenters. The summed E-state index contributed by atoms with van der Waals surface area (Å²) in [6.45, 7) is 14.1. The van der Waals surface area contributed by atoms with Crippen LogP contribution < -0.4 is 0 Å². The molecule has 0 aromatic heterocycles. The summed E-state index contributed by atoms with van der Waals surface area (Å²) in [5.41, 5.74) is 0. The number of carboxylic acids is 1. The van der Waals surface area contributed by atoms with Crippen LogP contribution in [0.25, 0.3) is 0 Å². The maximum atomic E-state index is 10.3. The summed E-state index contributed by atoms with van der Waals surface area (Å²) < 4.78 is 5.89. The molecule has 0 heterocycles. The summed E-state index contributed by atoms with van der Waals surface area (Å²) in [6, 6.07) is 0. The van der Waals surface area contributed by atoms with Gasteiger partial charge in [-0.3, -0.25) is 0 Å². The lowest BCUT2D eigenvalue weighted by Crippen LogP contribution is -2.43. The number of aliphatic carboxylic acids is 1. The zero-order valence-corrected chi connectivity index (χ0v) is 11.6. The Morgan fingerprint density at radius 3 is 2.31 bits per heavy atom. The van der Waals surface area contributed by atoms with Crippen molar-refractivity contribution in [3.63, 3.8) is 0 Å². The van der Waals surface area contributed by atoms with Gasteiger partial charge < -0.3 is 9.53 Å². The zero-order valence-electron chi connectivity index (χ0n) is 10.6. The Morgan fingerprint density at radius 2 is 2.00 bits per heavy atom. The molecule has 0 amide bonds. The van der Waals surface area contributed by atoms with Crippen molar-refractivity contribution >= 4 is 14.3 Å². The first-order valence-electron chi connectivity index (χ1n) is 5.15. The van der Waals surface area contributed by atoms with Crippen LogP contribution in [0.1, 0.15) is 20.8 Å². The first kappa shape index (κ1) is 14.9. The van der Waals surface area contributed by atoms with Crippen LogP contribution in [0.5, 0.6) is 0 Å². The third-order valence-electron chi connectivity index (χ3n) is 2.76. The lowest BCUT2D eigenvalue weighted by molar-refractivity contribution is -0.130. The minimum atomic E-state index is -1.93. The number of rotatable bonds is 3. The van der Waals surface area contributed by atoms with Crippen molar-refractivity contribution in [1.82, 2.24) is 0 Å². The van der Waals surface area contributed by atoms with Gasteiger partial charge in [0.25, 0.3) is 0 Å². The molecule has 0 fully saturated rings. The van der Waals surface area contributed by atoms with Gasteiger partial charge in [-0.2, -0.15) is 0 Å². The van der Waals surface area contributed by atoms with E-state index in [4.69, 9.17) is 9.53 Å². The van der Waals surface area contributed by atoms with Crippen molar-refractivity contribution in [2.24, 2.45) is 0 Å².